The number of aromatic hydroxyl groups is 1. The van der Waals surface area contributed by atoms with E-state index in [4.69, 9.17) is 4.74 Å². The van der Waals surface area contributed by atoms with E-state index in [9.17, 15) is 19.5 Å². The molecular weight excluding hydrogens is 506 g/mol. The van der Waals surface area contributed by atoms with Crippen molar-refractivity contribution in [2.24, 2.45) is 0 Å². The van der Waals surface area contributed by atoms with Crippen molar-refractivity contribution in [3.8, 4) is 5.75 Å². The maximum absolute atomic E-state index is 14.0. The Morgan fingerprint density at radius 1 is 0.975 bits per heavy atom. The number of benzene rings is 3. The number of nitrogens with one attached hydrogen (secondary N) is 2. The van der Waals surface area contributed by atoms with Gasteiger partial charge in [-0.05, 0) is 61.2 Å². The van der Waals surface area contributed by atoms with Crippen molar-refractivity contribution in [1.29, 1.82) is 0 Å². The number of rotatable bonds is 10. The summed E-state index contributed by atoms with van der Waals surface area (Å²) < 4.78 is 5.41. The van der Waals surface area contributed by atoms with Gasteiger partial charge in [0.05, 0.1) is 0 Å². The molecule has 0 aliphatic rings. The van der Waals surface area contributed by atoms with Crippen molar-refractivity contribution < 1.29 is 24.2 Å². The lowest BCUT2D eigenvalue weighted by atomic mass is 9.99. The van der Waals surface area contributed by atoms with Crippen molar-refractivity contribution in [2.45, 2.75) is 51.4 Å². The molecule has 0 fully saturated rings. The van der Waals surface area contributed by atoms with E-state index >= 15 is 0 Å². The number of carbonyl (C=O) groups excluding carboxylic acids is 3. The third-order valence-corrected chi connectivity index (χ3v) is 6.12. The summed E-state index contributed by atoms with van der Waals surface area (Å²) in [4.78, 5) is 41.7. The van der Waals surface area contributed by atoms with E-state index in [0.717, 1.165) is 11.1 Å². The van der Waals surface area contributed by atoms with Crippen molar-refractivity contribution in [2.75, 3.05) is 7.05 Å². The number of phenols is 1. The number of carbonyl (C=O) groups is 3. The second kappa shape index (κ2) is 13.5. The molecule has 3 aromatic rings. The third kappa shape index (κ3) is 8.73. The lowest BCUT2D eigenvalue weighted by Crippen LogP contribution is -2.52. The first-order chi connectivity index (χ1) is 19.0. The zero-order valence-electron chi connectivity index (χ0n) is 23.4. The van der Waals surface area contributed by atoms with Gasteiger partial charge in [0.25, 0.3) is 0 Å². The molecule has 8 nitrogen and oxygen atoms in total. The molecular formula is C32H37N3O5. The Bertz CT molecular complexity index is 1320. The zero-order chi connectivity index (χ0) is 29.3. The van der Waals surface area contributed by atoms with Crippen molar-refractivity contribution in [3.05, 3.63) is 108 Å². The minimum Gasteiger partial charge on any atom is -0.508 e. The normalized spacial score (nSPS) is 12.5. The van der Waals surface area contributed by atoms with Crippen LogP contribution in [0.5, 0.6) is 5.75 Å². The first-order valence-corrected chi connectivity index (χ1v) is 13.0. The molecule has 210 valence electrons. The largest absolute Gasteiger partial charge is 0.508 e. The quantitative estimate of drug-likeness (QED) is 0.334. The summed E-state index contributed by atoms with van der Waals surface area (Å²) in [5, 5.41) is 15.3. The summed E-state index contributed by atoms with van der Waals surface area (Å²) in [6.07, 6.45) is 1.03. The van der Waals surface area contributed by atoms with Gasteiger partial charge in [-0.2, -0.15) is 0 Å². The Labute approximate surface area is 235 Å². The van der Waals surface area contributed by atoms with Crippen LogP contribution >= 0.6 is 0 Å². The summed E-state index contributed by atoms with van der Waals surface area (Å²) >= 11 is 0. The first-order valence-electron chi connectivity index (χ1n) is 13.0. The second-order valence-corrected chi connectivity index (χ2v) is 10.5. The van der Waals surface area contributed by atoms with Gasteiger partial charge in [-0.25, -0.2) is 4.79 Å². The minimum absolute atomic E-state index is 0.0843. The van der Waals surface area contributed by atoms with Gasteiger partial charge in [0.2, 0.25) is 11.8 Å². The molecule has 0 aliphatic carbocycles. The first kappa shape index (κ1) is 30.0. The highest BCUT2D eigenvalue weighted by Gasteiger charge is 2.34. The molecule has 2 atom stereocenters. The molecule has 0 bridgehead atoms. The number of phenolic OH excluding ortho intramolecular Hbond substituents is 1. The molecule has 8 heteroatoms. The summed E-state index contributed by atoms with van der Waals surface area (Å²) in [5.74, 6) is -0.773. The SMILES string of the molecule is C=Cc1cccc(C(C(=O)NCc2ccccc2)N(C)C(=O)C(Cc2ccc(O)cc2)NC(=O)OC(C)(C)C)c1. The van der Waals surface area contributed by atoms with Crippen LogP contribution in [0.25, 0.3) is 6.08 Å². The molecule has 0 saturated carbocycles. The summed E-state index contributed by atoms with van der Waals surface area (Å²) in [7, 11) is 1.54. The number of hydrogen-bond donors (Lipinski definition) is 3. The molecule has 0 aromatic heterocycles. The summed E-state index contributed by atoms with van der Waals surface area (Å²) in [6, 6.07) is 21.0. The van der Waals surface area contributed by atoms with Crippen molar-refractivity contribution >= 4 is 24.0 Å². The van der Waals surface area contributed by atoms with E-state index in [1.54, 1.807) is 57.2 Å². The van der Waals surface area contributed by atoms with Crippen LogP contribution in [-0.2, 0) is 27.3 Å². The Morgan fingerprint density at radius 3 is 2.27 bits per heavy atom. The lowest BCUT2D eigenvalue weighted by molar-refractivity contribution is -0.140. The second-order valence-electron chi connectivity index (χ2n) is 10.5. The van der Waals surface area contributed by atoms with E-state index in [1.165, 1.54) is 24.1 Å². The molecule has 0 radical (unpaired) electrons. The van der Waals surface area contributed by atoms with Gasteiger partial charge in [-0.15, -0.1) is 0 Å². The fraction of sp³-hybridized carbons (Fsp3) is 0.281. The third-order valence-electron chi connectivity index (χ3n) is 6.12. The van der Waals surface area contributed by atoms with Gasteiger partial charge in [0.1, 0.15) is 23.4 Å². The van der Waals surface area contributed by atoms with E-state index < -0.39 is 29.7 Å². The molecule has 0 spiro atoms. The zero-order valence-corrected chi connectivity index (χ0v) is 23.4. The smallest absolute Gasteiger partial charge is 0.408 e. The monoisotopic (exact) mass is 543 g/mol. The number of nitrogens with zero attached hydrogens (tertiary/aromatic N) is 1. The predicted octanol–water partition coefficient (Wildman–Crippen LogP) is 4.99. The number of hydrogen-bond acceptors (Lipinski definition) is 5. The Hall–Kier alpha value is -4.59. The number of ether oxygens (including phenoxy) is 1. The number of likely N-dealkylation sites (N-methyl/N-ethyl adjacent to an activating group) is 1. The van der Waals surface area contributed by atoms with E-state index in [1.807, 2.05) is 36.4 Å². The predicted molar refractivity (Wildman–Crippen MR) is 155 cm³/mol. The van der Waals surface area contributed by atoms with Gasteiger partial charge in [0.15, 0.2) is 0 Å². The molecule has 0 aliphatic heterocycles. The van der Waals surface area contributed by atoms with Crippen LogP contribution < -0.4 is 10.6 Å². The average Bonchev–Trinajstić information content (AvgIpc) is 2.92. The van der Waals surface area contributed by atoms with Crippen LogP contribution in [-0.4, -0.2) is 46.6 Å². The average molecular weight is 544 g/mol. The van der Waals surface area contributed by atoms with E-state index in [0.29, 0.717) is 11.1 Å². The van der Waals surface area contributed by atoms with E-state index in [-0.39, 0.29) is 24.6 Å². The van der Waals surface area contributed by atoms with Gasteiger partial charge in [-0.3, -0.25) is 9.59 Å². The molecule has 0 saturated heterocycles. The fourth-order valence-corrected chi connectivity index (χ4v) is 4.18. The van der Waals surface area contributed by atoms with Crippen LogP contribution in [0.3, 0.4) is 0 Å². The fourth-order valence-electron chi connectivity index (χ4n) is 4.18. The summed E-state index contributed by atoms with van der Waals surface area (Å²) in [6.45, 7) is 9.29. The highest BCUT2D eigenvalue weighted by atomic mass is 16.6. The summed E-state index contributed by atoms with van der Waals surface area (Å²) in [5.41, 5.74) is 2.25. The van der Waals surface area contributed by atoms with Crippen LogP contribution in [0.2, 0.25) is 0 Å². The van der Waals surface area contributed by atoms with Gasteiger partial charge in [0, 0.05) is 20.0 Å². The van der Waals surface area contributed by atoms with Crippen LogP contribution in [0.4, 0.5) is 4.79 Å². The lowest BCUT2D eigenvalue weighted by Gasteiger charge is -2.32. The molecule has 0 heterocycles. The maximum atomic E-state index is 14.0. The van der Waals surface area contributed by atoms with E-state index in [2.05, 4.69) is 17.2 Å². The molecule has 3 rings (SSSR count). The minimum atomic E-state index is -1.04. The topological polar surface area (TPSA) is 108 Å². The number of amides is 3. The van der Waals surface area contributed by atoms with Gasteiger partial charge in [-0.1, -0.05) is 73.3 Å². The molecule has 40 heavy (non-hydrogen) atoms. The highest BCUT2D eigenvalue weighted by molar-refractivity contribution is 5.92. The molecule has 3 amide bonds. The van der Waals surface area contributed by atoms with Crippen LogP contribution in [0.1, 0.15) is 49.1 Å². The standard InChI is InChI=1S/C32H37N3O5/c1-6-22-13-10-14-25(19-22)28(29(37)33-21-24-11-8-7-9-12-24)35(5)30(38)27(34-31(39)40-32(2,3)4)20-23-15-17-26(36)18-16-23/h6-19,27-28,36H,1,20-21H2,2-5H3,(H,33,37)(H,34,39). The Balaban J connectivity index is 1.93. The Morgan fingerprint density at radius 2 is 1.65 bits per heavy atom. The van der Waals surface area contributed by atoms with Crippen LogP contribution in [0, 0.1) is 0 Å². The van der Waals surface area contributed by atoms with Crippen molar-refractivity contribution in [3.63, 3.8) is 0 Å². The highest BCUT2D eigenvalue weighted by Crippen LogP contribution is 2.24. The molecule has 3 aromatic carbocycles. The molecule has 2 unspecified atom stereocenters. The molecule has 3 N–H and O–H groups in total. The van der Waals surface area contributed by atoms with Crippen molar-refractivity contribution in [1.82, 2.24) is 15.5 Å². The Kier molecular flexibility index (Phi) is 10.1. The number of alkyl carbamates (subject to hydrolysis) is 1. The maximum Gasteiger partial charge on any atom is 0.408 e. The van der Waals surface area contributed by atoms with Gasteiger partial charge < -0.3 is 25.4 Å². The van der Waals surface area contributed by atoms with Gasteiger partial charge >= 0.3 is 6.09 Å². The van der Waals surface area contributed by atoms with Crippen LogP contribution in [0.15, 0.2) is 85.4 Å².